The van der Waals surface area contributed by atoms with Gasteiger partial charge in [-0.05, 0) is 42.6 Å². The van der Waals surface area contributed by atoms with Gasteiger partial charge < -0.3 is 10.3 Å². The summed E-state index contributed by atoms with van der Waals surface area (Å²) in [6.45, 7) is 1.71. The summed E-state index contributed by atoms with van der Waals surface area (Å²) < 4.78 is 44.2. The number of H-pyrrole nitrogens is 1. The first-order chi connectivity index (χ1) is 15.4. The molecule has 7 nitrogen and oxygen atoms in total. The van der Waals surface area contributed by atoms with Crippen molar-refractivity contribution in [2.75, 3.05) is 5.32 Å². The van der Waals surface area contributed by atoms with Gasteiger partial charge in [-0.15, -0.1) is 0 Å². The third-order valence-corrected chi connectivity index (χ3v) is 5.19. The highest BCUT2D eigenvalue weighted by molar-refractivity contribution is 5.84. The molecule has 5 aromatic rings. The number of fused-ring (bicyclic) bond motifs is 2. The standard InChI is InChI=1S/C22H15F3N6O/c1-11(30-21-18-20(27-9-26-18)28-10-29-21)17-7-12-5-6-13(23)8-14(12)22(32)31(17)19-15(24)3-2-4-16(19)25/h2-11H,1H3,(H2,26,27,28,29,30)/t11-/m1/s1. The molecule has 0 unspecified atom stereocenters. The molecule has 0 saturated heterocycles. The van der Waals surface area contributed by atoms with E-state index in [2.05, 4.69) is 25.3 Å². The smallest absolute Gasteiger partial charge is 0.263 e. The van der Waals surface area contributed by atoms with E-state index in [9.17, 15) is 18.0 Å². The topological polar surface area (TPSA) is 88.5 Å². The van der Waals surface area contributed by atoms with Gasteiger partial charge in [0, 0.05) is 5.69 Å². The fourth-order valence-electron chi connectivity index (χ4n) is 3.70. The highest BCUT2D eigenvalue weighted by Gasteiger charge is 2.22. The van der Waals surface area contributed by atoms with Gasteiger partial charge in [-0.25, -0.2) is 28.1 Å². The van der Waals surface area contributed by atoms with Gasteiger partial charge >= 0.3 is 0 Å². The van der Waals surface area contributed by atoms with Crippen LogP contribution < -0.4 is 10.9 Å². The monoisotopic (exact) mass is 436 g/mol. The van der Waals surface area contributed by atoms with Crippen LogP contribution in [0.15, 0.2) is 59.9 Å². The molecule has 5 rings (SSSR count). The van der Waals surface area contributed by atoms with Crippen molar-refractivity contribution in [3.8, 4) is 5.69 Å². The zero-order valence-electron chi connectivity index (χ0n) is 16.6. The summed E-state index contributed by atoms with van der Waals surface area (Å²) >= 11 is 0. The predicted molar refractivity (Wildman–Crippen MR) is 113 cm³/mol. The largest absolute Gasteiger partial charge is 0.360 e. The van der Waals surface area contributed by atoms with Gasteiger partial charge in [0.2, 0.25) is 0 Å². The van der Waals surface area contributed by atoms with Gasteiger partial charge in [0.1, 0.15) is 35.0 Å². The summed E-state index contributed by atoms with van der Waals surface area (Å²) in [6.07, 6.45) is 2.80. The lowest BCUT2D eigenvalue weighted by atomic mass is 10.1. The Labute approximate surface area is 178 Å². The molecule has 0 fully saturated rings. The molecule has 3 heterocycles. The number of imidazole rings is 1. The molecule has 0 aliphatic carbocycles. The number of aromatic nitrogens is 5. The number of pyridine rings is 1. The van der Waals surface area contributed by atoms with Gasteiger partial charge in [-0.3, -0.25) is 9.36 Å². The highest BCUT2D eigenvalue weighted by Crippen LogP contribution is 2.27. The number of benzene rings is 2. The molecule has 10 heteroatoms. The minimum Gasteiger partial charge on any atom is -0.360 e. The number of anilines is 1. The molecule has 3 aromatic heterocycles. The number of nitrogens with zero attached hydrogens (tertiary/aromatic N) is 4. The first-order valence-corrected chi connectivity index (χ1v) is 9.64. The Balaban J connectivity index is 1.75. The Morgan fingerprint density at radius 3 is 2.59 bits per heavy atom. The van der Waals surface area contributed by atoms with E-state index in [4.69, 9.17) is 0 Å². The van der Waals surface area contributed by atoms with E-state index in [-0.39, 0.29) is 11.1 Å². The molecule has 1 atom stereocenters. The van der Waals surface area contributed by atoms with E-state index in [1.54, 1.807) is 13.0 Å². The minimum atomic E-state index is -0.923. The van der Waals surface area contributed by atoms with Crippen molar-refractivity contribution in [1.82, 2.24) is 24.5 Å². The zero-order chi connectivity index (χ0) is 22.4. The Morgan fingerprint density at radius 2 is 1.81 bits per heavy atom. The van der Waals surface area contributed by atoms with Crippen molar-refractivity contribution in [1.29, 1.82) is 0 Å². The average Bonchev–Trinajstić information content (AvgIpc) is 3.25. The van der Waals surface area contributed by atoms with E-state index in [0.717, 1.165) is 22.8 Å². The normalized spacial score (nSPS) is 12.4. The lowest BCUT2D eigenvalue weighted by molar-refractivity contribution is 0.561. The first-order valence-electron chi connectivity index (χ1n) is 9.64. The molecule has 160 valence electrons. The van der Waals surface area contributed by atoms with E-state index in [1.165, 1.54) is 30.9 Å². The molecule has 0 bridgehead atoms. The van der Waals surface area contributed by atoms with Crippen LogP contribution in [0.2, 0.25) is 0 Å². The predicted octanol–water partition coefficient (Wildman–Crippen LogP) is 4.25. The second-order valence-corrected chi connectivity index (χ2v) is 7.20. The fourth-order valence-corrected chi connectivity index (χ4v) is 3.70. The molecule has 0 amide bonds. The maximum absolute atomic E-state index is 14.7. The number of para-hydroxylation sites is 1. The van der Waals surface area contributed by atoms with Crippen molar-refractivity contribution in [2.24, 2.45) is 0 Å². The van der Waals surface area contributed by atoms with Crippen LogP contribution in [0.1, 0.15) is 18.7 Å². The highest BCUT2D eigenvalue weighted by atomic mass is 19.1. The second-order valence-electron chi connectivity index (χ2n) is 7.20. The van der Waals surface area contributed by atoms with Crippen LogP contribution in [-0.4, -0.2) is 24.5 Å². The van der Waals surface area contributed by atoms with Crippen LogP contribution in [0.5, 0.6) is 0 Å². The Bertz CT molecular complexity index is 1520. The van der Waals surface area contributed by atoms with Crippen LogP contribution in [0, 0.1) is 17.5 Å². The van der Waals surface area contributed by atoms with E-state index >= 15 is 0 Å². The molecule has 0 radical (unpaired) electrons. The molecule has 32 heavy (non-hydrogen) atoms. The third-order valence-electron chi connectivity index (χ3n) is 5.19. The van der Waals surface area contributed by atoms with Crippen molar-refractivity contribution in [3.05, 3.63) is 88.6 Å². The van der Waals surface area contributed by atoms with Gasteiger partial charge in [-0.1, -0.05) is 12.1 Å². The Morgan fingerprint density at radius 1 is 1.03 bits per heavy atom. The van der Waals surface area contributed by atoms with Crippen molar-refractivity contribution in [2.45, 2.75) is 13.0 Å². The zero-order valence-corrected chi connectivity index (χ0v) is 16.6. The Hall–Kier alpha value is -4.21. The summed E-state index contributed by atoms with van der Waals surface area (Å²) in [5.74, 6) is -2.10. The van der Waals surface area contributed by atoms with Crippen molar-refractivity contribution >= 4 is 27.8 Å². The second kappa shape index (κ2) is 7.49. The van der Waals surface area contributed by atoms with E-state index < -0.39 is 34.7 Å². The number of nitrogens with one attached hydrogen (secondary N) is 2. The minimum absolute atomic E-state index is 0.000306. The molecule has 2 aromatic carbocycles. The van der Waals surface area contributed by atoms with Crippen molar-refractivity contribution < 1.29 is 13.2 Å². The molecule has 2 N–H and O–H groups in total. The lowest BCUT2D eigenvalue weighted by Crippen LogP contribution is -2.27. The van der Waals surface area contributed by atoms with Crippen LogP contribution in [0.4, 0.5) is 19.0 Å². The maximum atomic E-state index is 14.7. The SMILES string of the molecule is C[C@@H](Nc1ncnc2[nH]cnc12)c1cc2ccc(F)cc2c(=O)n1-c1c(F)cccc1F. The summed E-state index contributed by atoms with van der Waals surface area (Å²) in [6, 6.07) is 7.97. The van der Waals surface area contributed by atoms with Crippen molar-refractivity contribution in [3.63, 3.8) is 0 Å². The quantitative estimate of drug-likeness (QED) is 0.440. The molecule has 0 saturated carbocycles. The van der Waals surface area contributed by atoms with Gasteiger partial charge in [0.05, 0.1) is 17.8 Å². The Kier molecular flexibility index (Phi) is 4.62. The van der Waals surface area contributed by atoms with Crippen LogP contribution in [0.3, 0.4) is 0 Å². The fraction of sp³-hybridized carbons (Fsp3) is 0.0909. The van der Waals surface area contributed by atoms with Gasteiger partial charge in [-0.2, -0.15) is 0 Å². The molecule has 0 aliphatic rings. The molecular formula is C22H15F3N6O. The summed E-state index contributed by atoms with van der Waals surface area (Å²) in [7, 11) is 0. The van der Waals surface area contributed by atoms with Gasteiger partial charge in [0.25, 0.3) is 5.56 Å². The number of aromatic amines is 1. The van der Waals surface area contributed by atoms with Crippen LogP contribution >= 0.6 is 0 Å². The number of rotatable bonds is 4. The summed E-state index contributed by atoms with van der Waals surface area (Å²) in [5, 5.41) is 3.56. The summed E-state index contributed by atoms with van der Waals surface area (Å²) in [5.41, 5.74) is -0.0722. The number of hydrogen-bond acceptors (Lipinski definition) is 5. The van der Waals surface area contributed by atoms with Gasteiger partial charge in [0.15, 0.2) is 11.5 Å². The summed E-state index contributed by atoms with van der Waals surface area (Å²) in [4.78, 5) is 28.6. The molecule has 0 spiro atoms. The van der Waals surface area contributed by atoms with E-state index in [0.29, 0.717) is 22.4 Å². The van der Waals surface area contributed by atoms with Crippen LogP contribution in [0.25, 0.3) is 27.6 Å². The number of hydrogen-bond donors (Lipinski definition) is 2. The van der Waals surface area contributed by atoms with E-state index in [1.807, 2.05) is 0 Å². The molecular weight excluding hydrogens is 421 g/mol. The maximum Gasteiger partial charge on any atom is 0.263 e. The number of halogens is 3. The molecule has 0 aliphatic heterocycles. The average molecular weight is 436 g/mol. The lowest BCUT2D eigenvalue weighted by Gasteiger charge is -2.22. The third kappa shape index (κ3) is 3.16. The first kappa shape index (κ1) is 19.7. The van der Waals surface area contributed by atoms with Crippen LogP contribution in [-0.2, 0) is 0 Å².